The molecule has 110 valence electrons. The maximum Gasteiger partial charge on any atom is 0.306 e. The first kappa shape index (κ1) is 14.9. The van der Waals surface area contributed by atoms with Gasteiger partial charge in [-0.2, -0.15) is 8.42 Å². The van der Waals surface area contributed by atoms with Gasteiger partial charge in [-0.25, -0.2) is 0 Å². The first-order chi connectivity index (χ1) is 9.85. The van der Waals surface area contributed by atoms with Gasteiger partial charge in [0, 0.05) is 17.4 Å². The summed E-state index contributed by atoms with van der Waals surface area (Å²) in [5.41, 5.74) is 6.56. The third-order valence-electron chi connectivity index (χ3n) is 2.52. The standard InChI is InChI=1S/C14H14N2O4S/c1-21(18,19)20-13-9-10(15)7-8-12(13)14(17)16-11-5-3-2-4-6-11/h2-9H,15H2,1H3,(H,16,17). The van der Waals surface area contributed by atoms with E-state index in [1.807, 2.05) is 6.07 Å². The highest BCUT2D eigenvalue weighted by molar-refractivity contribution is 7.86. The van der Waals surface area contributed by atoms with Crippen LogP contribution in [0.1, 0.15) is 10.4 Å². The first-order valence-electron chi connectivity index (χ1n) is 6.00. The molecule has 3 N–H and O–H groups in total. The van der Waals surface area contributed by atoms with Crippen LogP contribution in [-0.2, 0) is 10.1 Å². The van der Waals surface area contributed by atoms with Crippen molar-refractivity contribution in [1.29, 1.82) is 0 Å². The van der Waals surface area contributed by atoms with Crippen molar-refractivity contribution in [2.24, 2.45) is 0 Å². The van der Waals surface area contributed by atoms with E-state index in [1.54, 1.807) is 24.3 Å². The summed E-state index contributed by atoms with van der Waals surface area (Å²) >= 11 is 0. The van der Waals surface area contributed by atoms with Crippen LogP contribution in [0, 0.1) is 0 Å². The molecule has 0 heterocycles. The fraction of sp³-hybridized carbons (Fsp3) is 0.0714. The molecule has 2 aromatic carbocycles. The Morgan fingerprint density at radius 3 is 2.43 bits per heavy atom. The Balaban J connectivity index is 2.32. The second-order valence-electron chi connectivity index (χ2n) is 4.36. The summed E-state index contributed by atoms with van der Waals surface area (Å²) in [7, 11) is -3.76. The van der Waals surface area contributed by atoms with Crippen LogP contribution in [0.5, 0.6) is 5.75 Å². The monoisotopic (exact) mass is 306 g/mol. The number of carbonyl (C=O) groups is 1. The van der Waals surface area contributed by atoms with E-state index >= 15 is 0 Å². The highest BCUT2D eigenvalue weighted by Crippen LogP contribution is 2.24. The largest absolute Gasteiger partial charge is 0.399 e. The van der Waals surface area contributed by atoms with Gasteiger partial charge in [0.25, 0.3) is 5.91 Å². The van der Waals surface area contributed by atoms with Crippen molar-refractivity contribution in [1.82, 2.24) is 0 Å². The van der Waals surface area contributed by atoms with E-state index < -0.39 is 16.0 Å². The molecule has 0 aliphatic heterocycles. The molecule has 0 unspecified atom stereocenters. The summed E-state index contributed by atoms with van der Waals surface area (Å²) in [5.74, 6) is -0.592. The minimum Gasteiger partial charge on any atom is -0.399 e. The number of nitrogens with two attached hydrogens (primary N) is 1. The van der Waals surface area contributed by atoms with Crippen molar-refractivity contribution >= 4 is 27.4 Å². The molecule has 0 bridgehead atoms. The molecular weight excluding hydrogens is 292 g/mol. The Bertz CT molecular complexity index is 758. The highest BCUT2D eigenvalue weighted by atomic mass is 32.2. The van der Waals surface area contributed by atoms with E-state index in [-0.39, 0.29) is 11.3 Å². The summed E-state index contributed by atoms with van der Waals surface area (Å²) in [6.45, 7) is 0. The van der Waals surface area contributed by atoms with Gasteiger partial charge in [0.2, 0.25) is 0 Å². The van der Waals surface area contributed by atoms with Gasteiger partial charge in [0.05, 0.1) is 11.8 Å². The number of anilines is 2. The van der Waals surface area contributed by atoms with Gasteiger partial charge in [-0.3, -0.25) is 4.79 Å². The fourth-order valence-corrected chi connectivity index (χ4v) is 2.14. The summed E-state index contributed by atoms with van der Waals surface area (Å²) < 4.78 is 27.3. The summed E-state index contributed by atoms with van der Waals surface area (Å²) in [6, 6.07) is 13.0. The third-order valence-corrected chi connectivity index (χ3v) is 3.01. The number of rotatable bonds is 4. The van der Waals surface area contributed by atoms with E-state index in [9.17, 15) is 13.2 Å². The average Bonchev–Trinajstić information content (AvgIpc) is 2.37. The molecule has 0 saturated heterocycles. The van der Waals surface area contributed by atoms with Gasteiger partial charge in [-0.15, -0.1) is 0 Å². The molecule has 2 rings (SSSR count). The molecule has 2 aromatic rings. The van der Waals surface area contributed by atoms with Crippen LogP contribution in [0.15, 0.2) is 48.5 Å². The number of nitrogen functional groups attached to an aromatic ring is 1. The van der Waals surface area contributed by atoms with Crippen molar-refractivity contribution in [3.63, 3.8) is 0 Å². The normalized spacial score (nSPS) is 10.9. The van der Waals surface area contributed by atoms with Crippen molar-refractivity contribution in [2.75, 3.05) is 17.3 Å². The molecule has 0 aliphatic rings. The van der Waals surface area contributed by atoms with Crippen molar-refractivity contribution in [3.05, 3.63) is 54.1 Å². The van der Waals surface area contributed by atoms with Crippen LogP contribution in [-0.4, -0.2) is 20.6 Å². The number of hydrogen-bond donors (Lipinski definition) is 2. The van der Waals surface area contributed by atoms with Crippen LogP contribution in [0.25, 0.3) is 0 Å². The molecule has 0 atom stereocenters. The van der Waals surface area contributed by atoms with Crippen molar-refractivity contribution < 1.29 is 17.4 Å². The van der Waals surface area contributed by atoms with E-state index in [1.165, 1.54) is 18.2 Å². The number of amides is 1. The molecule has 0 radical (unpaired) electrons. The highest BCUT2D eigenvalue weighted by Gasteiger charge is 2.16. The maximum absolute atomic E-state index is 12.2. The van der Waals surface area contributed by atoms with E-state index in [0.29, 0.717) is 11.4 Å². The lowest BCUT2D eigenvalue weighted by atomic mass is 10.1. The lowest BCUT2D eigenvalue weighted by Gasteiger charge is -2.11. The predicted molar refractivity (Wildman–Crippen MR) is 80.7 cm³/mol. The van der Waals surface area contributed by atoms with Crippen LogP contribution < -0.4 is 15.2 Å². The molecule has 0 aliphatic carbocycles. The molecule has 21 heavy (non-hydrogen) atoms. The zero-order valence-corrected chi connectivity index (χ0v) is 12.1. The second-order valence-corrected chi connectivity index (χ2v) is 5.94. The molecule has 0 saturated carbocycles. The number of para-hydroxylation sites is 1. The number of benzene rings is 2. The first-order valence-corrected chi connectivity index (χ1v) is 7.82. The van der Waals surface area contributed by atoms with Crippen molar-refractivity contribution in [3.8, 4) is 5.75 Å². The third kappa shape index (κ3) is 4.22. The predicted octanol–water partition coefficient (Wildman–Crippen LogP) is 1.86. The summed E-state index contributed by atoms with van der Waals surface area (Å²) in [6.07, 6.45) is 0.898. The quantitative estimate of drug-likeness (QED) is 0.663. The average molecular weight is 306 g/mol. The Hall–Kier alpha value is -2.54. The maximum atomic E-state index is 12.2. The van der Waals surface area contributed by atoms with Gasteiger partial charge in [0.15, 0.2) is 5.75 Å². The number of carbonyl (C=O) groups excluding carboxylic acids is 1. The van der Waals surface area contributed by atoms with E-state index in [0.717, 1.165) is 6.26 Å². The van der Waals surface area contributed by atoms with Crippen LogP contribution >= 0.6 is 0 Å². The van der Waals surface area contributed by atoms with Gasteiger partial charge < -0.3 is 15.2 Å². The van der Waals surface area contributed by atoms with Crippen LogP contribution in [0.2, 0.25) is 0 Å². The summed E-state index contributed by atoms with van der Waals surface area (Å²) in [5, 5.41) is 2.65. The minimum atomic E-state index is -3.76. The number of nitrogens with one attached hydrogen (secondary N) is 1. The number of hydrogen-bond acceptors (Lipinski definition) is 5. The van der Waals surface area contributed by atoms with E-state index in [4.69, 9.17) is 9.92 Å². The molecule has 1 amide bonds. The van der Waals surface area contributed by atoms with Crippen molar-refractivity contribution in [2.45, 2.75) is 0 Å². The SMILES string of the molecule is CS(=O)(=O)Oc1cc(N)ccc1C(=O)Nc1ccccc1. The lowest BCUT2D eigenvalue weighted by molar-refractivity contribution is 0.102. The van der Waals surface area contributed by atoms with Gasteiger partial charge in [-0.05, 0) is 24.3 Å². The van der Waals surface area contributed by atoms with E-state index in [2.05, 4.69) is 5.32 Å². The molecule has 7 heteroatoms. The van der Waals surface area contributed by atoms with Gasteiger partial charge in [-0.1, -0.05) is 18.2 Å². The van der Waals surface area contributed by atoms with Crippen LogP contribution in [0.3, 0.4) is 0 Å². The smallest absolute Gasteiger partial charge is 0.306 e. The molecule has 0 fully saturated rings. The van der Waals surface area contributed by atoms with Crippen LogP contribution in [0.4, 0.5) is 11.4 Å². The Labute approximate surface area is 122 Å². The minimum absolute atomic E-state index is 0.0819. The Morgan fingerprint density at radius 1 is 1.14 bits per heavy atom. The molecule has 0 aromatic heterocycles. The van der Waals surface area contributed by atoms with Gasteiger partial charge in [0.1, 0.15) is 0 Å². The lowest BCUT2D eigenvalue weighted by Crippen LogP contribution is -2.15. The topological polar surface area (TPSA) is 98.5 Å². The zero-order chi connectivity index (χ0) is 15.5. The zero-order valence-electron chi connectivity index (χ0n) is 11.2. The molecule has 0 spiro atoms. The Morgan fingerprint density at radius 2 is 1.81 bits per heavy atom. The molecular formula is C14H14N2O4S. The fourth-order valence-electron chi connectivity index (χ4n) is 1.68. The summed E-state index contributed by atoms with van der Waals surface area (Å²) in [4.78, 5) is 12.2. The molecule has 6 nitrogen and oxygen atoms in total. The second kappa shape index (κ2) is 5.84. The Kier molecular flexibility index (Phi) is 4.13. The van der Waals surface area contributed by atoms with Gasteiger partial charge >= 0.3 is 10.1 Å².